The summed E-state index contributed by atoms with van der Waals surface area (Å²) in [5, 5.41) is 9.92. The predicted octanol–water partition coefficient (Wildman–Crippen LogP) is 2.21. The minimum Gasteiger partial charge on any atom is -0.390 e. The highest BCUT2D eigenvalue weighted by molar-refractivity contribution is 4.91. The molecule has 0 spiro atoms. The van der Waals surface area contributed by atoms with Crippen molar-refractivity contribution in [3.05, 3.63) is 0 Å². The van der Waals surface area contributed by atoms with Crippen molar-refractivity contribution in [2.24, 2.45) is 11.8 Å². The monoisotopic (exact) mass is 186 g/mol. The lowest BCUT2D eigenvalue weighted by atomic mass is 9.73. The molecule has 0 aromatic rings. The lowest BCUT2D eigenvalue weighted by Gasteiger charge is -2.41. The molecule has 0 aliphatic heterocycles. The first kappa shape index (κ1) is 11.0. The fraction of sp³-hybridized carbons (Fsp3) is 1.00. The summed E-state index contributed by atoms with van der Waals surface area (Å²) >= 11 is 0. The smallest absolute Gasteiger partial charge is 0.0908 e. The van der Waals surface area contributed by atoms with Crippen molar-refractivity contribution in [1.82, 2.24) is 0 Å². The molecule has 1 aliphatic rings. The molecular formula is C11H22O2. The van der Waals surface area contributed by atoms with Crippen LogP contribution in [-0.4, -0.2) is 23.9 Å². The Balaban J connectivity index is 2.56. The summed E-state index contributed by atoms with van der Waals surface area (Å²) in [6.45, 7) is 6.47. The van der Waals surface area contributed by atoms with E-state index in [1.807, 2.05) is 6.92 Å². The molecule has 1 N–H and O–H groups in total. The molecule has 0 aromatic heterocycles. The summed E-state index contributed by atoms with van der Waals surface area (Å²) in [6.07, 6.45) is 2.76. The molecule has 2 heteroatoms. The van der Waals surface area contributed by atoms with Gasteiger partial charge in [-0.1, -0.05) is 13.8 Å². The fourth-order valence-electron chi connectivity index (χ4n) is 2.14. The van der Waals surface area contributed by atoms with Crippen molar-refractivity contribution in [2.45, 2.75) is 51.7 Å². The lowest BCUT2D eigenvalue weighted by molar-refractivity contribution is -0.126. The van der Waals surface area contributed by atoms with Crippen LogP contribution in [0, 0.1) is 11.8 Å². The van der Waals surface area contributed by atoms with Crippen molar-refractivity contribution < 1.29 is 9.84 Å². The zero-order valence-electron chi connectivity index (χ0n) is 9.21. The standard InChI is InChI=1S/C11H22O2/c1-8(2)9-5-6-11(3,13-4)10(12)7-9/h8-10,12H,5-7H2,1-4H3/t9-,10-,11-/m1/s1. The molecule has 0 radical (unpaired) electrons. The molecule has 0 bridgehead atoms. The number of rotatable bonds is 2. The first-order chi connectivity index (χ1) is 5.99. The normalized spacial score (nSPS) is 41.1. The maximum atomic E-state index is 9.92. The van der Waals surface area contributed by atoms with Gasteiger partial charge in [0.05, 0.1) is 11.7 Å². The molecule has 0 unspecified atom stereocenters. The van der Waals surface area contributed by atoms with E-state index < -0.39 is 0 Å². The second-order valence-corrected chi connectivity index (χ2v) is 4.81. The van der Waals surface area contributed by atoms with Gasteiger partial charge in [-0.2, -0.15) is 0 Å². The molecule has 0 amide bonds. The summed E-state index contributed by atoms with van der Waals surface area (Å²) in [6, 6.07) is 0. The molecule has 2 nitrogen and oxygen atoms in total. The third-order valence-electron chi connectivity index (χ3n) is 3.65. The Morgan fingerprint density at radius 1 is 1.46 bits per heavy atom. The Bertz CT molecular complexity index is 167. The van der Waals surface area contributed by atoms with Crippen LogP contribution >= 0.6 is 0 Å². The Kier molecular flexibility index (Phi) is 3.36. The SMILES string of the molecule is CO[C@]1(C)CC[C@@H](C(C)C)C[C@H]1O. The summed E-state index contributed by atoms with van der Waals surface area (Å²) in [5.41, 5.74) is -0.300. The van der Waals surface area contributed by atoms with E-state index in [-0.39, 0.29) is 11.7 Å². The van der Waals surface area contributed by atoms with E-state index in [0.29, 0.717) is 11.8 Å². The molecule has 0 aromatic carbocycles. The first-order valence-electron chi connectivity index (χ1n) is 5.23. The van der Waals surface area contributed by atoms with Gasteiger partial charge in [0.2, 0.25) is 0 Å². The maximum absolute atomic E-state index is 9.92. The van der Waals surface area contributed by atoms with Gasteiger partial charge in [0.25, 0.3) is 0 Å². The van der Waals surface area contributed by atoms with Crippen LogP contribution in [0.2, 0.25) is 0 Å². The maximum Gasteiger partial charge on any atom is 0.0908 e. The zero-order valence-corrected chi connectivity index (χ0v) is 9.21. The van der Waals surface area contributed by atoms with E-state index in [1.165, 1.54) is 6.42 Å². The van der Waals surface area contributed by atoms with Gasteiger partial charge in [0.15, 0.2) is 0 Å². The van der Waals surface area contributed by atoms with Gasteiger partial charge in [0.1, 0.15) is 0 Å². The minimum absolute atomic E-state index is 0.293. The Morgan fingerprint density at radius 3 is 2.46 bits per heavy atom. The highest BCUT2D eigenvalue weighted by atomic mass is 16.5. The third-order valence-corrected chi connectivity index (χ3v) is 3.65. The number of hydrogen-bond donors (Lipinski definition) is 1. The molecule has 0 saturated heterocycles. The summed E-state index contributed by atoms with van der Waals surface area (Å²) < 4.78 is 5.37. The summed E-state index contributed by atoms with van der Waals surface area (Å²) in [5.74, 6) is 1.34. The van der Waals surface area contributed by atoms with Crippen LogP contribution in [-0.2, 0) is 4.74 Å². The van der Waals surface area contributed by atoms with Crippen LogP contribution in [0.4, 0.5) is 0 Å². The van der Waals surface area contributed by atoms with E-state index in [9.17, 15) is 5.11 Å². The van der Waals surface area contributed by atoms with Crippen molar-refractivity contribution in [2.75, 3.05) is 7.11 Å². The number of ether oxygens (including phenoxy) is 1. The summed E-state index contributed by atoms with van der Waals surface area (Å²) in [7, 11) is 1.69. The molecule has 0 heterocycles. The quantitative estimate of drug-likeness (QED) is 0.716. The van der Waals surface area contributed by atoms with Crippen LogP contribution < -0.4 is 0 Å². The third kappa shape index (κ3) is 2.23. The molecule has 1 aliphatic carbocycles. The number of hydrogen-bond acceptors (Lipinski definition) is 2. The van der Waals surface area contributed by atoms with Gasteiger partial charge in [0, 0.05) is 7.11 Å². The van der Waals surface area contributed by atoms with Crippen LogP contribution in [0.5, 0.6) is 0 Å². The van der Waals surface area contributed by atoms with Gasteiger partial charge in [-0.05, 0) is 38.0 Å². The fourth-order valence-corrected chi connectivity index (χ4v) is 2.14. The first-order valence-corrected chi connectivity index (χ1v) is 5.23. The van der Waals surface area contributed by atoms with Crippen LogP contribution in [0.15, 0.2) is 0 Å². The van der Waals surface area contributed by atoms with Gasteiger partial charge in [-0.15, -0.1) is 0 Å². The molecular weight excluding hydrogens is 164 g/mol. The largest absolute Gasteiger partial charge is 0.390 e. The molecule has 3 atom stereocenters. The second kappa shape index (κ2) is 3.97. The average molecular weight is 186 g/mol. The van der Waals surface area contributed by atoms with E-state index in [0.717, 1.165) is 12.8 Å². The highest BCUT2D eigenvalue weighted by Gasteiger charge is 2.39. The van der Waals surface area contributed by atoms with Gasteiger partial charge < -0.3 is 9.84 Å². The molecule has 13 heavy (non-hydrogen) atoms. The van der Waals surface area contributed by atoms with Gasteiger partial charge in [-0.25, -0.2) is 0 Å². The van der Waals surface area contributed by atoms with Crippen molar-refractivity contribution >= 4 is 0 Å². The Hall–Kier alpha value is -0.0800. The second-order valence-electron chi connectivity index (χ2n) is 4.81. The van der Waals surface area contributed by atoms with E-state index in [1.54, 1.807) is 7.11 Å². The highest BCUT2D eigenvalue weighted by Crippen LogP contribution is 2.37. The minimum atomic E-state index is -0.300. The van der Waals surface area contributed by atoms with Crippen molar-refractivity contribution in [3.63, 3.8) is 0 Å². The van der Waals surface area contributed by atoms with E-state index >= 15 is 0 Å². The Labute approximate surface area is 81.3 Å². The average Bonchev–Trinajstić information content (AvgIpc) is 2.09. The Morgan fingerprint density at radius 2 is 2.08 bits per heavy atom. The van der Waals surface area contributed by atoms with Gasteiger partial charge in [-0.3, -0.25) is 0 Å². The van der Waals surface area contributed by atoms with Crippen LogP contribution in [0.3, 0.4) is 0 Å². The van der Waals surface area contributed by atoms with E-state index in [4.69, 9.17) is 4.74 Å². The molecule has 1 rings (SSSR count). The van der Waals surface area contributed by atoms with Gasteiger partial charge >= 0.3 is 0 Å². The summed E-state index contributed by atoms with van der Waals surface area (Å²) in [4.78, 5) is 0. The van der Waals surface area contributed by atoms with E-state index in [2.05, 4.69) is 13.8 Å². The molecule has 78 valence electrons. The topological polar surface area (TPSA) is 29.5 Å². The lowest BCUT2D eigenvalue weighted by Crippen LogP contribution is -2.46. The molecule has 1 saturated carbocycles. The van der Waals surface area contributed by atoms with Crippen molar-refractivity contribution in [1.29, 1.82) is 0 Å². The van der Waals surface area contributed by atoms with Crippen molar-refractivity contribution in [3.8, 4) is 0 Å². The number of methoxy groups -OCH3 is 1. The van der Waals surface area contributed by atoms with Crippen LogP contribution in [0.25, 0.3) is 0 Å². The number of aliphatic hydroxyl groups is 1. The van der Waals surface area contributed by atoms with Crippen LogP contribution in [0.1, 0.15) is 40.0 Å². The predicted molar refractivity (Wildman–Crippen MR) is 53.6 cm³/mol. The number of aliphatic hydroxyl groups excluding tert-OH is 1. The zero-order chi connectivity index (χ0) is 10.1. The molecule has 1 fully saturated rings.